The van der Waals surface area contributed by atoms with Crippen LogP contribution in [-0.4, -0.2) is 34.3 Å². The zero-order chi connectivity index (χ0) is 17.0. The lowest BCUT2D eigenvalue weighted by Crippen LogP contribution is -2.28. The number of halogens is 1. The van der Waals surface area contributed by atoms with Crippen LogP contribution in [0.15, 0.2) is 18.2 Å². The highest BCUT2D eigenvalue weighted by Gasteiger charge is 2.12. The van der Waals surface area contributed by atoms with E-state index in [1.807, 2.05) is 18.4 Å². The topological polar surface area (TPSA) is 71.9 Å². The lowest BCUT2D eigenvalue weighted by atomic mass is 10.2. The maximum Gasteiger partial charge on any atom is 0.251 e. The molecule has 2 N–H and O–H groups in total. The molecule has 1 aromatic carbocycles. The number of nitrogens with one attached hydrogen (secondary N) is 2. The standard InChI is InChI=1S/C15H19FN4O2S/c1-9(2)13-18-19-15(23)20(13)7-6-17-14(21)10-4-5-11(16)12(8-10)22-3/h4-5,8-9H,6-7H2,1-3H3,(H,17,21)(H,19,23). The Labute approximate surface area is 138 Å². The number of aromatic amines is 1. The second-order valence-corrected chi connectivity index (χ2v) is 5.69. The highest BCUT2D eigenvalue weighted by Crippen LogP contribution is 2.18. The average Bonchev–Trinajstić information content (AvgIpc) is 2.89. The molecule has 0 spiro atoms. The van der Waals surface area contributed by atoms with Crippen molar-refractivity contribution in [3.8, 4) is 5.75 Å². The van der Waals surface area contributed by atoms with E-state index in [4.69, 9.17) is 17.0 Å². The summed E-state index contributed by atoms with van der Waals surface area (Å²) >= 11 is 5.19. The van der Waals surface area contributed by atoms with Gasteiger partial charge in [-0.3, -0.25) is 9.89 Å². The SMILES string of the molecule is COc1cc(C(=O)NCCn2c(C(C)C)n[nH]c2=S)ccc1F. The van der Waals surface area contributed by atoms with E-state index in [9.17, 15) is 9.18 Å². The van der Waals surface area contributed by atoms with E-state index in [1.54, 1.807) is 0 Å². The van der Waals surface area contributed by atoms with E-state index in [0.29, 0.717) is 23.4 Å². The third-order valence-corrected chi connectivity index (χ3v) is 3.65. The van der Waals surface area contributed by atoms with Gasteiger partial charge in [-0.15, -0.1) is 0 Å². The second-order valence-electron chi connectivity index (χ2n) is 5.30. The zero-order valence-electron chi connectivity index (χ0n) is 13.2. The Hall–Kier alpha value is -2.22. The Morgan fingerprint density at radius 3 is 2.91 bits per heavy atom. The predicted molar refractivity (Wildman–Crippen MR) is 86.8 cm³/mol. The largest absolute Gasteiger partial charge is 0.494 e. The van der Waals surface area contributed by atoms with Gasteiger partial charge in [0.25, 0.3) is 5.91 Å². The van der Waals surface area contributed by atoms with Crippen molar-refractivity contribution in [1.82, 2.24) is 20.1 Å². The van der Waals surface area contributed by atoms with E-state index in [2.05, 4.69) is 15.5 Å². The van der Waals surface area contributed by atoms with Crippen LogP contribution < -0.4 is 10.1 Å². The number of carbonyl (C=O) groups is 1. The first-order valence-corrected chi connectivity index (χ1v) is 7.61. The molecular weight excluding hydrogens is 319 g/mol. The van der Waals surface area contributed by atoms with Crippen LogP contribution in [0.5, 0.6) is 5.75 Å². The normalized spacial score (nSPS) is 10.8. The number of H-pyrrole nitrogens is 1. The number of nitrogens with zero attached hydrogens (tertiary/aromatic N) is 2. The van der Waals surface area contributed by atoms with Crippen LogP contribution in [0.4, 0.5) is 4.39 Å². The summed E-state index contributed by atoms with van der Waals surface area (Å²) in [4.78, 5) is 12.1. The van der Waals surface area contributed by atoms with Crippen LogP contribution in [-0.2, 0) is 6.54 Å². The van der Waals surface area contributed by atoms with Crippen molar-refractivity contribution in [1.29, 1.82) is 0 Å². The summed E-state index contributed by atoms with van der Waals surface area (Å²) in [6, 6.07) is 3.99. The van der Waals surface area contributed by atoms with Gasteiger partial charge in [0.15, 0.2) is 16.3 Å². The minimum Gasteiger partial charge on any atom is -0.494 e. The van der Waals surface area contributed by atoms with Gasteiger partial charge in [-0.05, 0) is 30.4 Å². The van der Waals surface area contributed by atoms with Gasteiger partial charge in [0, 0.05) is 24.6 Å². The molecule has 0 atom stereocenters. The second kappa shape index (κ2) is 7.36. The smallest absolute Gasteiger partial charge is 0.251 e. The molecule has 0 aliphatic carbocycles. The number of aromatic nitrogens is 3. The number of rotatable bonds is 6. The molecule has 23 heavy (non-hydrogen) atoms. The molecule has 124 valence electrons. The summed E-state index contributed by atoms with van der Waals surface area (Å²) in [5.74, 6) is 0.296. The van der Waals surface area contributed by atoms with Crippen LogP contribution in [0.25, 0.3) is 0 Å². The Bertz CT molecular complexity index is 754. The van der Waals surface area contributed by atoms with Crippen molar-refractivity contribution in [2.45, 2.75) is 26.3 Å². The first kappa shape index (κ1) is 17.1. The molecule has 0 unspecified atom stereocenters. The monoisotopic (exact) mass is 338 g/mol. The van der Waals surface area contributed by atoms with E-state index < -0.39 is 5.82 Å². The summed E-state index contributed by atoms with van der Waals surface area (Å²) in [6.07, 6.45) is 0. The molecule has 1 aromatic heterocycles. The van der Waals surface area contributed by atoms with Crippen molar-refractivity contribution < 1.29 is 13.9 Å². The van der Waals surface area contributed by atoms with Gasteiger partial charge in [-0.25, -0.2) is 4.39 Å². The summed E-state index contributed by atoms with van der Waals surface area (Å²) in [5, 5.41) is 9.71. The first-order valence-electron chi connectivity index (χ1n) is 7.21. The fourth-order valence-corrected chi connectivity index (χ4v) is 2.40. The highest BCUT2D eigenvalue weighted by atomic mass is 32.1. The fraction of sp³-hybridized carbons (Fsp3) is 0.400. The number of amides is 1. The van der Waals surface area contributed by atoms with Gasteiger partial charge in [0.05, 0.1) is 7.11 Å². The van der Waals surface area contributed by atoms with Gasteiger partial charge >= 0.3 is 0 Å². The Balaban J connectivity index is 2.00. The number of methoxy groups -OCH3 is 1. The minimum absolute atomic E-state index is 0.0387. The summed E-state index contributed by atoms with van der Waals surface area (Å²) < 4.78 is 20.6. The van der Waals surface area contributed by atoms with Crippen LogP contribution in [0.1, 0.15) is 35.9 Å². The van der Waals surface area contributed by atoms with Crippen molar-refractivity contribution in [2.75, 3.05) is 13.7 Å². The third kappa shape index (κ3) is 3.95. The average molecular weight is 338 g/mol. The molecule has 0 aliphatic heterocycles. The Kier molecular flexibility index (Phi) is 5.49. The number of ether oxygens (including phenoxy) is 1. The van der Waals surface area contributed by atoms with E-state index >= 15 is 0 Å². The molecule has 1 amide bonds. The molecule has 6 nitrogen and oxygen atoms in total. The maximum absolute atomic E-state index is 13.4. The van der Waals surface area contributed by atoms with E-state index in [0.717, 1.165) is 5.82 Å². The maximum atomic E-state index is 13.4. The fourth-order valence-electron chi connectivity index (χ4n) is 2.17. The van der Waals surface area contributed by atoms with E-state index in [-0.39, 0.29) is 17.6 Å². The summed E-state index contributed by atoms with van der Waals surface area (Å²) in [7, 11) is 1.36. The molecule has 1 heterocycles. The Morgan fingerprint density at radius 1 is 1.52 bits per heavy atom. The van der Waals surface area contributed by atoms with Crippen molar-refractivity contribution in [3.63, 3.8) is 0 Å². The molecule has 2 aromatic rings. The minimum atomic E-state index is -0.504. The Morgan fingerprint density at radius 2 is 2.26 bits per heavy atom. The summed E-state index contributed by atoms with van der Waals surface area (Å²) in [6.45, 7) is 4.93. The van der Waals surface area contributed by atoms with Gasteiger partial charge in [0.2, 0.25) is 0 Å². The van der Waals surface area contributed by atoms with Crippen molar-refractivity contribution in [3.05, 3.63) is 40.2 Å². The molecule has 8 heteroatoms. The number of carbonyl (C=O) groups excluding carboxylic acids is 1. The highest BCUT2D eigenvalue weighted by molar-refractivity contribution is 7.71. The van der Waals surface area contributed by atoms with Crippen LogP contribution >= 0.6 is 12.2 Å². The van der Waals surface area contributed by atoms with E-state index in [1.165, 1.54) is 25.3 Å². The van der Waals surface area contributed by atoms with Crippen LogP contribution in [0.3, 0.4) is 0 Å². The summed E-state index contributed by atoms with van der Waals surface area (Å²) in [5.41, 5.74) is 0.336. The zero-order valence-corrected chi connectivity index (χ0v) is 14.0. The lowest BCUT2D eigenvalue weighted by Gasteiger charge is -2.10. The van der Waals surface area contributed by atoms with Gasteiger partial charge in [-0.2, -0.15) is 5.10 Å². The quantitative estimate of drug-likeness (QED) is 0.794. The van der Waals surface area contributed by atoms with Gasteiger partial charge < -0.3 is 14.6 Å². The molecule has 0 saturated heterocycles. The number of benzene rings is 1. The number of hydrogen-bond acceptors (Lipinski definition) is 4. The van der Waals surface area contributed by atoms with Crippen molar-refractivity contribution >= 4 is 18.1 Å². The molecule has 0 fully saturated rings. The molecule has 0 aliphatic rings. The molecular formula is C15H19FN4O2S. The third-order valence-electron chi connectivity index (χ3n) is 3.34. The van der Waals surface area contributed by atoms with Crippen LogP contribution in [0, 0.1) is 10.6 Å². The van der Waals surface area contributed by atoms with Gasteiger partial charge in [0.1, 0.15) is 5.82 Å². The molecule has 0 radical (unpaired) electrons. The lowest BCUT2D eigenvalue weighted by molar-refractivity contribution is 0.0951. The van der Waals surface area contributed by atoms with Gasteiger partial charge in [-0.1, -0.05) is 13.8 Å². The molecule has 0 bridgehead atoms. The molecule has 0 saturated carbocycles. The number of hydrogen-bond donors (Lipinski definition) is 2. The first-order chi connectivity index (χ1) is 10.9. The van der Waals surface area contributed by atoms with Crippen LogP contribution in [0.2, 0.25) is 0 Å². The predicted octanol–water partition coefficient (Wildman–Crippen LogP) is 2.64. The van der Waals surface area contributed by atoms with Crippen molar-refractivity contribution in [2.24, 2.45) is 0 Å². The molecule has 2 rings (SSSR count).